The van der Waals surface area contributed by atoms with Gasteiger partial charge in [0.05, 0.1) is 66.9 Å². The molecule has 0 N–H and O–H groups in total. The van der Waals surface area contributed by atoms with Gasteiger partial charge in [-0.2, -0.15) is 10.5 Å². The van der Waals surface area contributed by atoms with Gasteiger partial charge in [-0.3, -0.25) is 0 Å². The SMILES string of the molecule is N#Cc1c(-n2c3ccccc3c3ccccc32)c(-n2c3ccccc3c3ccccc32)c(C#N)c(-n2c3ccccc3c3cc4c(cc32)sc2ccccc24)c1-n1c2ccccc2c2ccccc21. The van der Waals surface area contributed by atoms with Crippen molar-refractivity contribution < 1.29 is 0 Å². The lowest BCUT2D eigenvalue weighted by Crippen LogP contribution is -2.16. The average Bonchev–Trinajstić information content (AvgIpc) is 4.20. The third kappa shape index (κ3) is 4.96. The Bertz CT molecular complexity index is 4660. The van der Waals surface area contributed by atoms with Crippen LogP contribution in [0, 0.1) is 22.7 Å². The molecule has 5 heterocycles. The van der Waals surface area contributed by atoms with Crippen molar-refractivity contribution in [1.82, 2.24) is 18.3 Å². The Hall–Kier alpha value is -9.40. The Morgan fingerprint density at radius 1 is 0.261 bits per heavy atom. The molecule has 0 radical (unpaired) electrons. The molecular weight excluding hydrogens is 861 g/mol. The summed E-state index contributed by atoms with van der Waals surface area (Å²) >= 11 is 1.78. The number of hydrogen-bond acceptors (Lipinski definition) is 3. The van der Waals surface area contributed by atoms with Crippen LogP contribution in [0.25, 0.3) is 130 Å². The number of fused-ring (bicyclic) bond motifs is 15. The number of thiophene rings is 1. The number of hydrogen-bond donors (Lipinski definition) is 0. The zero-order chi connectivity index (χ0) is 45.5. The lowest BCUT2D eigenvalue weighted by atomic mass is 9.98. The largest absolute Gasteiger partial charge is 0.306 e. The maximum Gasteiger partial charge on any atom is 0.104 e. The first-order valence-electron chi connectivity index (χ1n) is 23.1. The molecule has 0 saturated heterocycles. The van der Waals surface area contributed by atoms with Gasteiger partial charge in [-0.25, -0.2) is 0 Å². The van der Waals surface area contributed by atoms with E-state index in [4.69, 9.17) is 0 Å². The molecule has 0 amide bonds. The Morgan fingerprint density at radius 2 is 0.536 bits per heavy atom. The van der Waals surface area contributed by atoms with Crippen LogP contribution < -0.4 is 0 Å². The minimum absolute atomic E-state index is 0.438. The lowest BCUT2D eigenvalue weighted by molar-refractivity contribution is 1.02. The van der Waals surface area contributed by atoms with Gasteiger partial charge in [-0.1, -0.05) is 146 Å². The van der Waals surface area contributed by atoms with Gasteiger partial charge in [0.2, 0.25) is 0 Å². The first-order valence-corrected chi connectivity index (χ1v) is 23.9. The molecule has 0 saturated carbocycles. The minimum atomic E-state index is 0.438. The molecule has 69 heavy (non-hydrogen) atoms. The summed E-state index contributed by atoms with van der Waals surface area (Å²) in [5.41, 5.74) is 10.9. The van der Waals surface area contributed by atoms with E-state index in [1.54, 1.807) is 11.3 Å². The van der Waals surface area contributed by atoms with E-state index >= 15 is 0 Å². The Labute approximate surface area is 397 Å². The highest BCUT2D eigenvalue weighted by atomic mass is 32.1. The van der Waals surface area contributed by atoms with Gasteiger partial charge in [0, 0.05) is 63.3 Å². The van der Waals surface area contributed by atoms with Crippen LogP contribution in [-0.2, 0) is 0 Å². The van der Waals surface area contributed by atoms with E-state index in [9.17, 15) is 10.5 Å². The maximum atomic E-state index is 12.5. The number of nitrogens with zero attached hydrogens (tertiary/aromatic N) is 6. The van der Waals surface area contributed by atoms with Crippen molar-refractivity contribution in [3.05, 3.63) is 217 Å². The molecule has 0 fully saturated rings. The van der Waals surface area contributed by atoms with Crippen LogP contribution in [0.3, 0.4) is 0 Å². The second-order valence-corrected chi connectivity index (χ2v) is 18.9. The summed E-state index contributed by atoms with van der Waals surface area (Å²) in [7, 11) is 0. The fourth-order valence-electron chi connectivity index (χ4n) is 11.7. The molecular formula is C62H34N6S. The van der Waals surface area contributed by atoms with Crippen LogP contribution in [-0.4, -0.2) is 18.3 Å². The predicted molar refractivity (Wildman–Crippen MR) is 286 cm³/mol. The second kappa shape index (κ2) is 14.1. The first-order chi connectivity index (χ1) is 34.2. The van der Waals surface area contributed by atoms with Crippen LogP contribution in [0.5, 0.6) is 0 Å². The molecule has 7 heteroatoms. The van der Waals surface area contributed by atoms with E-state index in [1.165, 1.54) is 15.5 Å². The average molecular weight is 895 g/mol. The molecule has 5 aromatic heterocycles. The van der Waals surface area contributed by atoms with Gasteiger partial charge < -0.3 is 18.3 Å². The fraction of sp³-hybridized carbons (Fsp3) is 0. The highest BCUT2D eigenvalue weighted by Crippen LogP contribution is 2.49. The Kier molecular flexibility index (Phi) is 7.70. The summed E-state index contributed by atoms with van der Waals surface area (Å²) in [5.74, 6) is 0. The van der Waals surface area contributed by atoms with Crippen LogP contribution >= 0.6 is 11.3 Å². The van der Waals surface area contributed by atoms with Gasteiger partial charge in [0.25, 0.3) is 0 Å². The van der Waals surface area contributed by atoms with Crippen molar-refractivity contribution in [3.63, 3.8) is 0 Å². The normalized spacial score (nSPS) is 12.0. The smallest absolute Gasteiger partial charge is 0.104 e. The van der Waals surface area contributed by atoms with Gasteiger partial charge in [0.15, 0.2) is 0 Å². The monoisotopic (exact) mass is 894 g/mol. The third-order valence-electron chi connectivity index (χ3n) is 14.4. The van der Waals surface area contributed by atoms with Gasteiger partial charge >= 0.3 is 0 Å². The Morgan fingerprint density at radius 3 is 0.870 bits per heavy atom. The van der Waals surface area contributed by atoms with E-state index in [1.807, 2.05) is 0 Å². The van der Waals surface area contributed by atoms with Gasteiger partial charge in [0.1, 0.15) is 23.3 Å². The molecule has 318 valence electrons. The molecule has 0 bridgehead atoms. The number of aromatic nitrogens is 4. The highest BCUT2D eigenvalue weighted by molar-refractivity contribution is 7.25. The van der Waals surface area contributed by atoms with Crippen molar-refractivity contribution >= 4 is 119 Å². The first kappa shape index (κ1) is 37.8. The van der Waals surface area contributed by atoms with Crippen molar-refractivity contribution in [2.24, 2.45) is 0 Å². The van der Waals surface area contributed by atoms with Gasteiger partial charge in [-0.05, 0) is 60.7 Å². The molecule has 0 aliphatic heterocycles. The van der Waals surface area contributed by atoms with Gasteiger partial charge in [-0.15, -0.1) is 11.3 Å². The van der Waals surface area contributed by atoms with E-state index in [0.717, 1.165) is 91.9 Å². The summed E-state index contributed by atoms with van der Waals surface area (Å²) in [4.78, 5) is 0. The topological polar surface area (TPSA) is 67.3 Å². The van der Waals surface area contributed by atoms with Crippen molar-refractivity contribution in [2.75, 3.05) is 0 Å². The van der Waals surface area contributed by atoms with Crippen molar-refractivity contribution in [3.8, 4) is 34.9 Å². The van der Waals surface area contributed by atoms with Crippen LogP contribution in [0.4, 0.5) is 0 Å². The summed E-state index contributed by atoms with van der Waals surface area (Å²) in [6.45, 7) is 0. The third-order valence-corrected chi connectivity index (χ3v) is 15.6. The maximum absolute atomic E-state index is 12.5. The molecule has 0 unspecified atom stereocenters. The summed E-state index contributed by atoms with van der Waals surface area (Å²) in [5, 5.41) is 35.9. The molecule has 0 spiro atoms. The van der Waals surface area contributed by atoms with Crippen molar-refractivity contribution in [1.29, 1.82) is 10.5 Å². The molecule has 0 aliphatic rings. The van der Waals surface area contributed by atoms with E-state index in [0.29, 0.717) is 33.9 Å². The van der Waals surface area contributed by atoms with Crippen LogP contribution in [0.15, 0.2) is 206 Å². The molecule has 0 atom stereocenters. The lowest BCUT2D eigenvalue weighted by Gasteiger charge is -2.27. The van der Waals surface area contributed by atoms with E-state index < -0.39 is 0 Å². The molecule has 15 rings (SSSR count). The second-order valence-electron chi connectivity index (χ2n) is 17.8. The summed E-state index contributed by atoms with van der Waals surface area (Å²) in [6, 6.07) is 78.2. The van der Waals surface area contributed by atoms with E-state index in [-0.39, 0.29) is 0 Å². The number of rotatable bonds is 4. The number of para-hydroxylation sites is 7. The molecule has 0 aliphatic carbocycles. The predicted octanol–water partition coefficient (Wildman–Crippen LogP) is 16.2. The quantitative estimate of drug-likeness (QED) is 0.177. The molecule has 6 nitrogen and oxygen atoms in total. The number of benzene rings is 10. The van der Waals surface area contributed by atoms with Crippen LogP contribution in [0.1, 0.15) is 11.1 Å². The standard InChI is InChI=1S/C62H34N6S/c63-35-47-59(65-49-25-9-1-17-37(49)38-18-2-10-26-50(38)65)60(66-51-27-11-3-19-39(51)40-20-4-12-28-52(40)66)48(36-64)62(61(47)67-53-29-13-5-21-41(53)42-22-6-14-30-54(42)67)68-55-31-15-7-23-43(55)45-33-46-44-24-8-16-32-57(44)69-58(46)34-56(45)68/h1-34H. The number of nitriles is 2. The van der Waals surface area contributed by atoms with Crippen molar-refractivity contribution in [2.45, 2.75) is 0 Å². The Balaban J connectivity index is 1.27. The zero-order valence-corrected chi connectivity index (χ0v) is 37.5. The van der Waals surface area contributed by atoms with E-state index in [2.05, 4.69) is 237 Å². The zero-order valence-electron chi connectivity index (χ0n) is 36.7. The molecule has 10 aromatic carbocycles. The fourth-order valence-corrected chi connectivity index (χ4v) is 12.8. The summed E-state index contributed by atoms with van der Waals surface area (Å²) < 4.78 is 11.4. The minimum Gasteiger partial charge on any atom is -0.306 e. The highest BCUT2D eigenvalue weighted by Gasteiger charge is 2.34. The van der Waals surface area contributed by atoms with Crippen LogP contribution in [0.2, 0.25) is 0 Å². The molecule has 15 aromatic rings. The summed E-state index contributed by atoms with van der Waals surface area (Å²) in [6.07, 6.45) is 0.